The SMILES string of the molecule is O=C(CNC(=O)c1cccc(Br)c1)OCc1cc(=O)n2cc(Cl)ccc2n1. The van der Waals surface area contributed by atoms with Gasteiger partial charge in [0.2, 0.25) is 0 Å². The molecule has 0 atom stereocenters. The lowest BCUT2D eigenvalue weighted by Crippen LogP contribution is -2.30. The lowest BCUT2D eigenvalue weighted by molar-refractivity contribution is -0.143. The lowest BCUT2D eigenvalue weighted by Gasteiger charge is -2.07. The summed E-state index contributed by atoms with van der Waals surface area (Å²) in [6.07, 6.45) is 1.46. The second kappa shape index (κ2) is 8.32. The van der Waals surface area contributed by atoms with E-state index in [2.05, 4.69) is 26.2 Å². The summed E-state index contributed by atoms with van der Waals surface area (Å²) in [4.78, 5) is 40.1. The quantitative estimate of drug-likeness (QED) is 0.604. The number of benzene rings is 1. The largest absolute Gasteiger partial charge is 0.458 e. The van der Waals surface area contributed by atoms with Gasteiger partial charge in [-0.15, -0.1) is 0 Å². The highest BCUT2D eigenvalue weighted by molar-refractivity contribution is 9.10. The third-order valence-corrected chi connectivity index (χ3v) is 4.25. The van der Waals surface area contributed by atoms with Crippen molar-refractivity contribution in [3.05, 3.63) is 79.8 Å². The van der Waals surface area contributed by atoms with E-state index >= 15 is 0 Å². The predicted molar refractivity (Wildman–Crippen MR) is 103 cm³/mol. The predicted octanol–water partition coefficient (Wildman–Crippen LogP) is 2.58. The summed E-state index contributed by atoms with van der Waals surface area (Å²) in [7, 11) is 0. The molecule has 0 saturated heterocycles. The maximum Gasteiger partial charge on any atom is 0.325 e. The van der Waals surface area contributed by atoms with Gasteiger partial charge >= 0.3 is 5.97 Å². The maximum atomic E-state index is 12.1. The van der Waals surface area contributed by atoms with E-state index in [-0.39, 0.29) is 18.7 Å². The van der Waals surface area contributed by atoms with Gasteiger partial charge in [-0.3, -0.25) is 18.8 Å². The van der Waals surface area contributed by atoms with E-state index in [1.165, 1.54) is 16.7 Å². The van der Waals surface area contributed by atoms with Crippen LogP contribution in [0.15, 0.2) is 57.9 Å². The molecule has 0 aliphatic rings. The number of fused-ring (bicyclic) bond motifs is 1. The van der Waals surface area contributed by atoms with E-state index < -0.39 is 11.9 Å². The molecule has 0 saturated carbocycles. The number of amides is 1. The summed E-state index contributed by atoms with van der Waals surface area (Å²) in [6, 6.07) is 11.2. The molecule has 2 aromatic heterocycles. The Labute approximate surface area is 167 Å². The average Bonchev–Trinajstić information content (AvgIpc) is 2.65. The lowest BCUT2D eigenvalue weighted by atomic mass is 10.2. The standard InChI is InChI=1S/C18H13BrClN3O4/c19-12-3-1-2-11(6-12)18(26)21-8-17(25)27-10-14-7-16(24)23-9-13(20)4-5-15(23)22-14/h1-7,9H,8,10H2,(H,21,26). The van der Waals surface area contributed by atoms with Crippen molar-refractivity contribution < 1.29 is 14.3 Å². The van der Waals surface area contributed by atoms with Gasteiger partial charge in [-0.2, -0.15) is 0 Å². The van der Waals surface area contributed by atoms with Gasteiger partial charge in [0.15, 0.2) is 0 Å². The van der Waals surface area contributed by atoms with Crippen LogP contribution in [-0.4, -0.2) is 27.8 Å². The van der Waals surface area contributed by atoms with Crippen LogP contribution in [0.25, 0.3) is 5.65 Å². The number of esters is 1. The molecule has 7 nitrogen and oxygen atoms in total. The minimum absolute atomic E-state index is 0.181. The molecule has 3 rings (SSSR count). The molecule has 138 valence electrons. The molecule has 1 amide bonds. The first-order valence-electron chi connectivity index (χ1n) is 7.79. The monoisotopic (exact) mass is 449 g/mol. The number of hydrogen-bond donors (Lipinski definition) is 1. The Kier molecular flexibility index (Phi) is 5.88. The number of halogens is 2. The molecule has 0 unspecified atom stereocenters. The Balaban J connectivity index is 1.58. The molecule has 2 heterocycles. The summed E-state index contributed by atoms with van der Waals surface area (Å²) in [5.41, 5.74) is 0.770. The fourth-order valence-electron chi connectivity index (χ4n) is 2.29. The van der Waals surface area contributed by atoms with Crippen molar-refractivity contribution in [1.82, 2.24) is 14.7 Å². The molecule has 0 bridgehead atoms. The van der Waals surface area contributed by atoms with E-state index in [1.54, 1.807) is 36.4 Å². The first-order valence-corrected chi connectivity index (χ1v) is 8.97. The van der Waals surface area contributed by atoms with Crippen LogP contribution in [0.5, 0.6) is 0 Å². The zero-order valence-electron chi connectivity index (χ0n) is 13.8. The second-order valence-electron chi connectivity index (χ2n) is 5.51. The minimum atomic E-state index is -0.642. The van der Waals surface area contributed by atoms with Crippen molar-refractivity contribution in [1.29, 1.82) is 0 Å². The number of carbonyl (C=O) groups excluding carboxylic acids is 2. The van der Waals surface area contributed by atoms with Gasteiger partial charge in [-0.25, -0.2) is 4.98 Å². The fraction of sp³-hybridized carbons (Fsp3) is 0.111. The average molecular weight is 451 g/mol. The van der Waals surface area contributed by atoms with Crippen molar-refractivity contribution in [2.75, 3.05) is 6.54 Å². The smallest absolute Gasteiger partial charge is 0.325 e. The van der Waals surface area contributed by atoms with Crippen LogP contribution >= 0.6 is 27.5 Å². The highest BCUT2D eigenvalue weighted by atomic mass is 79.9. The zero-order valence-corrected chi connectivity index (χ0v) is 16.2. The van der Waals surface area contributed by atoms with E-state index in [0.29, 0.717) is 21.9 Å². The minimum Gasteiger partial charge on any atom is -0.458 e. The Morgan fingerprint density at radius 3 is 2.81 bits per heavy atom. The van der Waals surface area contributed by atoms with Gasteiger partial charge in [0.1, 0.15) is 18.8 Å². The first-order chi connectivity index (χ1) is 12.9. The first kappa shape index (κ1) is 19.1. The van der Waals surface area contributed by atoms with Gasteiger partial charge in [0.25, 0.3) is 11.5 Å². The molecule has 1 N–H and O–H groups in total. The van der Waals surface area contributed by atoms with Gasteiger partial charge < -0.3 is 10.1 Å². The second-order valence-corrected chi connectivity index (χ2v) is 6.87. The van der Waals surface area contributed by atoms with Crippen molar-refractivity contribution in [2.24, 2.45) is 0 Å². The third kappa shape index (κ3) is 4.93. The summed E-state index contributed by atoms with van der Waals surface area (Å²) in [6.45, 7) is -0.479. The van der Waals surface area contributed by atoms with Crippen molar-refractivity contribution >= 4 is 45.1 Å². The number of carbonyl (C=O) groups is 2. The molecule has 0 spiro atoms. The summed E-state index contributed by atoms with van der Waals surface area (Å²) < 4.78 is 7.12. The molecule has 3 aromatic rings. The molecule has 9 heteroatoms. The Morgan fingerprint density at radius 2 is 2.04 bits per heavy atom. The van der Waals surface area contributed by atoms with E-state index in [0.717, 1.165) is 4.47 Å². The third-order valence-electron chi connectivity index (χ3n) is 3.54. The number of aromatic nitrogens is 2. The van der Waals surface area contributed by atoms with Crippen LogP contribution < -0.4 is 10.9 Å². The van der Waals surface area contributed by atoms with Crippen molar-refractivity contribution in [2.45, 2.75) is 6.61 Å². The van der Waals surface area contributed by atoms with Gasteiger partial charge in [-0.05, 0) is 30.3 Å². The van der Waals surface area contributed by atoms with E-state index in [9.17, 15) is 14.4 Å². The van der Waals surface area contributed by atoms with Crippen LogP contribution in [0.2, 0.25) is 5.02 Å². The normalized spacial score (nSPS) is 10.6. The molecule has 0 aliphatic carbocycles. The zero-order chi connectivity index (χ0) is 19.4. The number of pyridine rings is 1. The number of hydrogen-bond acceptors (Lipinski definition) is 5. The number of rotatable bonds is 5. The number of ether oxygens (including phenoxy) is 1. The highest BCUT2D eigenvalue weighted by Crippen LogP contribution is 2.11. The fourth-order valence-corrected chi connectivity index (χ4v) is 2.85. The van der Waals surface area contributed by atoms with Crippen LogP contribution in [-0.2, 0) is 16.1 Å². The van der Waals surface area contributed by atoms with Crippen LogP contribution in [0.3, 0.4) is 0 Å². The molecule has 0 fully saturated rings. The Bertz CT molecular complexity index is 1080. The summed E-state index contributed by atoms with van der Waals surface area (Å²) in [5.74, 6) is -1.04. The van der Waals surface area contributed by atoms with Gasteiger partial charge in [-0.1, -0.05) is 33.6 Å². The van der Waals surface area contributed by atoms with Gasteiger partial charge in [0.05, 0.1) is 10.7 Å². The molecular weight excluding hydrogens is 438 g/mol. The van der Waals surface area contributed by atoms with Crippen molar-refractivity contribution in [3.63, 3.8) is 0 Å². The topological polar surface area (TPSA) is 89.8 Å². The number of nitrogens with one attached hydrogen (secondary N) is 1. The van der Waals surface area contributed by atoms with E-state index in [1.807, 2.05) is 0 Å². The number of nitrogens with zero attached hydrogens (tertiary/aromatic N) is 2. The van der Waals surface area contributed by atoms with Crippen LogP contribution in [0, 0.1) is 0 Å². The Hall–Kier alpha value is -2.71. The summed E-state index contributed by atoms with van der Waals surface area (Å²) >= 11 is 9.13. The molecular formula is C18H13BrClN3O4. The molecule has 27 heavy (non-hydrogen) atoms. The van der Waals surface area contributed by atoms with Crippen molar-refractivity contribution in [3.8, 4) is 0 Å². The summed E-state index contributed by atoms with van der Waals surface area (Å²) in [5, 5.41) is 2.88. The van der Waals surface area contributed by atoms with E-state index in [4.69, 9.17) is 16.3 Å². The Morgan fingerprint density at radius 1 is 1.22 bits per heavy atom. The molecule has 1 aromatic carbocycles. The van der Waals surface area contributed by atoms with Crippen LogP contribution in [0.1, 0.15) is 16.1 Å². The highest BCUT2D eigenvalue weighted by Gasteiger charge is 2.10. The molecule has 0 aliphatic heterocycles. The molecule has 0 radical (unpaired) electrons. The van der Waals surface area contributed by atoms with Gasteiger partial charge in [0, 0.05) is 22.3 Å². The van der Waals surface area contributed by atoms with Crippen LogP contribution in [0.4, 0.5) is 0 Å². The maximum absolute atomic E-state index is 12.1.